The van der Waals surface area contributed by atoms with Crippen LogP contribution < -0.4 is 0 Å². The lowest BCUT2D eigenvalue weighted by Gasteiger charge is -2.22. The summed E-state index contributed by atoms with van der Waals surface area (Å²) >= 11 is 0. The summed E-state index contributed by atoms with van der Waals surface area (Å²) in [6, 6.07) is 0. The highest BCUT2D eigenvalue weighted by Crippen LogP contribution is 2.49. The minimum absolute atomic E-state index is 0.0296. The molecule has 0 aromatic heterocycles. The maximum Gasteiger partial charge on any atom is 0.343 e. The van der Waals surface area contributed by atoms with Gasteiger partial charge in [-0.1, -0.05) is 0 Å². The summed E-state index contributed by atoms with van der Waals surface area (Å²) in [4.78, 5) is 0. The number of hydrogen-bond acceptors (Lipinski definition) is 4. The normalized spacial score (nSPS) is 15.3. The van der Waals surface area contributed by atoms with Gasteiger partial charge in [-0.25, -0.2) is 0 Å². The zero-order valence-electron chi connectivity index (χ0n) is 10.1. The van der Waals surface area contributed by atoms with Crippen LogP contribution in [0.3, 0.4) is 0 Å². The van der Waals surface area contributed by atoms with Gasteiger partial charge >= 0.3 is 7.60 Å². The summed E-state index contributed by atoms with van der Waals surface area (Å²) in [5, 5.41) is 0. The summed E-state index contributed by atoms with van der Waals surface area (Å²) in [5.74, 6) is 0. The smallest absolute Gasteiger partial charge is 0.308 e. The second kappa shape index (κ2) is 6.14. The molecular formula is C9H21O4PS. The predicted octanol–water partition coefficient (Wildman–Crippen LogP) is 2.76. The molecule has 0 aliphatic carbocycles. The van der Waals surface area contributed by atoms with E-state index >= 15 is 0 Å². The van der Waals surface area contributed by atoms with Crippen LogP contribution in [0.15, 0.2) is 0 Å². The molecule has 6 heteroatoms. The Morgan fingerprint density at radius 2 is 1.53 bits per heavy atom. The minimum Gasteiger partial charge on any atom is -0.308 e. The number of rotatable bonds is 6. The Kier molecular flexibility index (Phi) is 6.26. The third-order valence-corrected chi connectivity index (χ3v) is 6.48. The van der Waals surface area contributed by atoms with Gasteiger partial charge in [0.15, 0.2) is 0 Å². The zero-order valence-corrected chi connectivity index (χ0v) is 11.8. The van der Waals surface area contributed by atoms with Crippen molar-refractivity contribution in [2.24, 2.45) is 0 Å². The Bertz CT molecular complexity index is 249. The van der Waals surface area contributed by atoms with Gasteiger partial charge in [0, 0.05) is 15.5 Å². The van der Waals surface area contributed by atoms with Crippen LogP contribution in [-0.4, -0.2) is 27.7 Å². The van der Waals surface area contributed by atoms with Crippen LogP contribution in [0.4, 0.5) is 0 Å². The van der Waals surface area contributed by atoms with Gasteiger partial charge in [-0.05, 0) is 34.6 Å². The van der Waals surface area contributed by atoms with E-state index in [0.717, 1.165) is 0 Å². The van der Waals surface area contributed by atoms with E-state index in [9.17, 15) is 8.77 Å². The van der Waals surface area contributed by atoms with Crippen molar-refractivity contribution in [2.45, 2.75) is 39.4 Å². The Balaban J connectivity index is 4.55. The molecule has 0 aliphatic rings. The Labute approximate surface area is 94.7 Å². The first-order chi connectivity index (χ1) is 6.75. The summed E-state index contributed by atoms with van der Waals surface area (Å²) < 4.78 is 33.6. The first kappa shape index (κ1) is 15.3. The molecule has 0 heterocycles. The van der Waals surface area contributed by atoms with E-state index in [1.165, 1.54) is 0 Å². The van der Waals surface area contributed by atoms with Gasteiger partial charge in [0.2, 0.25) is 0 Å². The molecule has 0 saturated carbocycles. The molecule has 15 heavy (non-hydrogen) atoms. The van der Waals surface area contributed by atoms with Crippen molar-refractivity contribution < 1.29 is 17.8 Å². The zero-order chi connectivity index (χ0) is 12.1. The van der Waals surface area contributed by atoms with E-state index < -0.39 is 23.1 Å². The summed E-state index contributed by atoms with van der Waals surface area (Å²) in [6.07, 6.45) is 0. The Morgan fingerprint density at radius 1 is 1.13 bits per heavy atom. The Morgan fingerprint density at radius 3 is 1.80 bits per heavy atom. The summed E-state index contributed by atoms with van der Waals surface area (Å²) in [6.45, 7) is 9.61. The molecule has 0 amide bonds. The van der Waals surface area contributed by atoms with E-state index in [1.54, 1.807) is 13.8 Å². The summed E-state index contributed by atoms with van der Waals surface area (Å²) in [5.41, 5.74) is -0.0296. The second-order valence-electron chi connectivity index (χ2n) is 4.03. The highest BCUT2D eigenvalue weighted by Gasteiger charge is 2.31. The maximum absolute atomic E-state index is 12.0. The van der Waals surface area contributed by atoms with Crippen LogP contribution in [0.1, 0.15) is 34.6 Å². The van der Waals surface area contributed by atoms with E-state index in [2.05, 4.69) is 0 Å². The van der Waals surface area contributed by atoms with Crippen molar-refractivity contribution in [1.29, 1.82) is 0 Å². The molecular weight excluding hydrogens is 235 g/mol. The van der Waals surface area contributed by atoms with Crippen molar-refractivity contribution in [1.82, 2.24) is 0 Å². The molecule has 0 N–H and O–H groups in total. The Hall–Kier alpha value is 0.300. The molecule has 92 valence electrons. The molecule has 0 spiro atoms. The van der Waals surface area contributed by atoms with Crippen molar-refractivity contribution in [2.75, 3.05) is 18.7 Å². The van der Waals surface area contributed by atoms with Gasteiger partial charge in [-0.2, -0.15) is 0 Å². The van der Waals surface area contributed by atoms with Crippen molar-refractivity contribution in [3.05, 3.63) is 0 Å². The quantitative estimate of drug-likeness (QED) is 0.686. The third kappa shape index (κ3) is 5.81. The molecule has 0 radical (unpaired) electrons. The maximum atomic E-state index is 12.0. The van der Waals surface area contributed by atoms with Crippen LogP contribution in [0.5, 0.6) is 0 Å². The van der Waals surface area contributed by atoms with Crippen molar-refractivity contribution in [3.8, 4) is 0 Å². The lowest BCUT2D eigenvalue weighted by Crippen LogP contribution is -2.24. The first-order valence-electron chi connectivity index (χ1n) is 5.01. The van der Waals surface area contributed by atoms with Crippen LogP contribution in [0.2, 0.25) is 0 Å². The monoisotopic (exact) mass is 256 g/mol. The highest BCUT2D eigenvalue weighted by molar-refractivity contribution is 7.93. The molecule has 0 rings (SSSR count). The van der Waals surface area contributed by atoms with Gasteiger partial charge in [-0.3, -0.25) is 8.77 Å². The summed E-state index contributed by atoms with van der Waals surface area (Å²) in [7, 11) is -4.39. The lowest BCUT2D eigenvalue weighted by atomic mass is 10.3. The fraction of sp³-hybridized carbons (Fsp3) is 1.00. The van der Waals surface area contributed by atoms with Gasteiger partial charge in [0.05, 0.1) is 13.2 Å². The second-order valence-corrected chi connectivity index (χ2v) is 8.72. The SMILES string of the molecule is CCOP(=O)(C[S@](=O)C(C)(C)C)OCC. The molecule has 0 bridgehead atoms. The van der Waals surface area contributed by atoms with E-state index in [4.69, 9.17) is 9.05 Å². The van der Waals surface area contributed by atoms with E-state index in [-0.39, 0.29) is 5.49 Å². The molecule has 0 aromatic rings. The average molecular weight is 256 g/mol. The van der Waals surface area contributed by atoms with E-state index in [0.29, 0.717) is 13.2 Å². The molecule has 0 fully saturated rings. The van der Waals surface area contributed by atoms with Gasteiger partial charge in [0.1, 0.15) is 5.49 Å². The molecule has 0 aliphatic heterocycles. The van der Waals surface area contributed by atoms with Crippen LogP contribution in [-0.2, 0) is 24.4 Å². The van der Waals surface area contributed by atoms with Gasteiger partial charge in [-0.15, -0.1) is 0 Å². The van der Waals surface area contributed by atoms with Crippen molar-refractivity contribution in [3.63, 3.8) is 0 Å². The largest absolute Gasteiger partial charge is 0.343 e. The van der Waals surface area contributed by atoms with Gasteiger partial charge < -0.3 is 9.05 Å². The standard InChI is InChI=1S/C9H21O4PS/c1-6-12-14(10,13-7-2)8-15(11)9(3,4)5/h6-8H2,1-5H3/t15-/m0/s1. The topological polar surface area (TPSA) is 52.6 Å². The molecule has 1 atom stereocenters. The fourth-order valence-electron chi connectivity index (χ4n) is 0.842. The molecule has 0 saturated heterocycles. The minimum atomic E-state index is -3.17. The van der Waals surface area contributed by atoms with E-state index in [1.807, 2.05) is 20.8 Å². The van der Waals surface area contributed by atoms with Crippen LogP contribution in [0.25, 0.3) is 0 Å². The molecule has 4 nitrogen and oxygen atoms in total. The fourth-order valence-corrected chi connectivity index (χ4v) is 5.00. The first-order valence-corrected chi connectivity index (χ1v) is 8.06. The number of hydrogen-bond donors (Lipinski definition) is 0. The van der Waals surface area contributed by atoms with Crippen LogP contribution >= 0.6 is 7.60 Å². The van der Waals surface area contributed by atoms with Gasteiger partial charge in [0.25, 0.3) is 0 Å². The average Bonchev–Trinajstić information content (AvgIpc) is 2.02. The predicted molar refractivity (Wildman–Crippen MR) is 63.6 cm³/mol. The highest BCUT2D eigenvalue weighted by atomic mass is 32.2. The lowest BCUT2D eigenvalue weighted by molar-refractivity contribution is 0.224. The van der Waals surface area contributed by atoms with Crippen molar-refractivity contribution >= 4 is 18.4 Å². The molecule has 0 unspecified atom stereocenters. The van der Waals surface area contributed by atoms with Crippen LogP contribution in [0, 0.1) is 0 Å². The molecule has 0 aromatic carbocycles. The third-order valence-electron chi connectivity index (χ3n) is 1.61.